The summed E-state index contributed by atoms with van der Waals surface area (Å²) in [5, 5.41) is 9.21. The van der Waals surface area contributed by atoms with Gasteiger partial charge in [-0.3, -0.25) is 4.79 Å². The third kappa shape index (κ3) is 6.28. The first-order valence-electron chi connectivity index (χ1n) is 7.42. The Morgan fingerprint density at radius 3 is 2.24 bits per heavy atom. The maximum absolute atomic E-state index is 11.8. The van der Waals surface area contributed by atoms with E-state index in [2.05, 4.69) is 0 Å². The molecule has 2 aromatic carbocycles. The van der Waals surface area contributed by atoms with Gasteiger partial charge in [0.05, 0.1) is 18.1 Å². The van der Waals surface area contributed by atoms with Gasteiger partial charge in [-0.2, -0.15) is 0 Å². The maximum atomic E-state index is 11.8. The topological polar surface area (TPSA) is 89.9 Å². The second-order valence-corrected chi connectivity index (χ2v) is 7.56. The average molecular weight is 385 g/mol. The number of aliphatic carboxylic acids is 1. The summed E-state index contributed by atoms with van der Waals surface area (Å²) >= 11 is 5.86. The van der Waals surface area contributed by atoms with E-state index in [4.69, 9.17) is 26.2 Å². The summed E-state index contributed by atoms with van der Waals surface area (Å²) in [7, 11) is -3.83. The van der Waals surface area contributed by atoms with E-state index in [1.54, 1.807) is 18.2 Å². The number of carbonyl (C=O) groups is 1. The van der Waals surface area contributed by atoms with Gasteiger partial charge in [0.1, 0.15) is 11.5 Å². The Morgan fingerprint density at radius 2 is 1.64 bits per heavy atom. The summed E-state index contributed by atoms with van der Waals surface area (Å²) in [5.41, 5.74) is 0. The highest BCUT2D eigenvalue weighted by Gasteiger charge is 2.18. The minimum atomic E-state index is -3.83. The number of hydrogen-bond donors (Lipinski definition) is 1. The molecule has 2 aromatic rings. The average Bonchev–Trinajstić information content (AvgIpc) is 2.54. The molecule has 0 saturated heterocycles. The molecule has 134 valence electrons. The van der Waals surface area contributed by atoms with Crippen LogP contribution in [0.25, 0.3) is 0 Å². The number of rotatable bonds is 9. The van der Waals surface area contributed by atoms with Gasteiger partial charge in [0.15, 0.2) is 15.6 Å². The molecule has 0 radical (unpaired) electrons. The molecular weight excluding hydrogens is 368 g/mol. The van der Waals surface area contributed by atoms with Gasteiger partial charge in [-0.15, -0.1) is 0 Å². The van der Waals surface area contributed by atoms with E-state index in [9.17, 15) is 13.2 Å². The molecular formula is C17H17ClO6S. The Balaban J connectivity index is 1.77. The molecule has 0 bridgehead atoms. The molecule has 0 spiro atoms. The van der Waals surface area contributed by atoms with E-state index < -0.39 is 21.6 Å². The van der Waals surface area contributed by atoms with Crippen LogP contribution in [0.4, 0.5) is 0 Å². The van der Waals surface area contributed by atoms with Crippen LogP contribution in [-0.4, -0.2) is 38.5 Å². The van der Waals surface area contributed by atoms with Crippen LogP contribution in [0.15, 0.2) is 53.4 Å². The molecule has 0 unspecified atom stereocenters. The standard InChI is InChI=1S/C17H17ClO6S/c18-13-3-1-4-15(11-13)24-10-2-9-23-14-5-7-16(8-6-14)25(21,22)12-17(19)20/h1,3-8,11H,2,9-10,12H2,(H,19,20). The maximum Gasteiger partial charge on any atom is 0.319 e. The minimum Gasteiger partial charge on any atom is -0.493 e. The molecule has 0 aliphatic carbocycles. The zero-order valence-electron chi connectivity index (χ0n) is 13.2. The number of carboxylic acids is 1. The highest BCUT2D eigenvalue weighted by molar-refractivity contribution is 7.92. The van der Waals surface area contributed by atoms with E-state index in [1.807, 2.05) is 6.07 Å². The van der Waals surface area contributed by atoms with Gasteiger partial charge in [-0.1, -0.05) is 17.7 Å². The van der Waals surface area contributed by atoms with Crippen molar-refractivity contribution < 1.29 is 27.8 Å². The van der Waals surface area contributed by atoms with Crippen molar-refractivity contribution in [3.63, 3.8) is 0 Å². The summed E-state index contributed by atoms with van der Waals surface area (Å²) in [5.74, 6) is -1.15. The Hall–Kier alpha value is -2.25. The molecule has 0 atom stereocenters. The largest absolute Gasteiger partial charge is 0.493 e. The summed E-state index contributed by atoms with van der Waals surface area (Å²) in [6, 6.07) is 12.7. The fourth-order valence-electron chi connectivity index (χ4n) is 1.98. The van der Waals surface area contributed by atoms with Crippen molar-refractivity contribution in [1.82, 2.24) is 0 Å². The lowest BCUT2D eigenvalue weighted by Gasteiger charge is -2.09. The predicted octanol–water partition coefficient (Wildman–Crippen LogP) is 3.05. The van der Waals surface area contributed by atoms with Crippen LogP contribution in [0.2, 0.25) is 5.02 Å². The molecule has 25 heavy (non-hydrogen) atoms. The third-order valence-corrected chi connectivity index (χ3v) is 4.97. The highest BCUT2D eigenvalue weighted by atomic mass is 35.5. The molecule has 1 N–H and O–H groups in total. The van der Waals surface area contributed by atoms with Crippen LogP contribution >= 0.6 is 11.6 Å². The van der Waals surface area contributed by atoms with E-state index >= 15 is 0 Å². The highest BCUT2D eigenvalue weighted by Crippen LogP contribution is 2.18. The van der Waals surface area contributed by atoms with Crippen LogP contribution in [0.5, 0.6) is 11.5 Å². The molecule has 0 fully saturated rings. The smallest absolute Gasteiger partial charge is 0.319 e. The van der Waals surface area contributed by atoms with Gasteiger partial charge in [0.2, 0.25) is 0 Å². The van der Waals surface area contributed by atoms with Crippen molar-refractivity contribution >= 4 is 27.4 Å². The van der Waals surface area contributed by atoms with Crippen molar-refractivity contribution in [1.29, 1.82) is 0 Å². The summed E-state index contributed by atoms with van der Waals surface area (Å²) in [4.78, 5) is 10.5. The number of carboxylic acid groups (broad SMARTS) is 1. The molecule has 0 aliphatic rings. The minimum absolute atomic E-state index is 0.0495. The quantitative estimate of drug-likeness (QED) is 0.668. The summed E-state index contributed by atoms with van der Waals surface area (Å²) in [6.07, 6.45) is 0.631. The number of sulfone groups is 1. The fraction of sp³-hybridized carbons (Fsp3) is 0.235. The normalized spacial score (nSPS) is 11.1. The summed E-state index contributed by atoms with van der Waals surface area (Å²) in [6.45, 7) is 0.840. The van der Waals surface area contributed by atoms with E-state index in [0.717, 1.165) is 0 Å². The van der Waals surface area contributed by atoms with Crippen molar-refractivity contribution in [2.75, 3.05) is 19.0 Å². The van der Waals surface area contributed by atoms with Crippen LogP contribution in [0.1, 0.15) is 6.42 Å². The monoisotopic (exact) mass is 384 g/mol. The lowest BCUT2D eigenvalue weighted by atomic mass is 10.3. The molecule has 0 amide bonds. The fourth-order valence-corrected chi connectivity index (χ4v) is 3.21. The molecule has 2 rings (SSSR count). The first-order valence-corrected chi connectivity index (χ1v) is 9.45. The number of halogens is 1. The van der Waals surface area contributed by atoms with Gasteiger partial charge < -0.3 is 14.6 Å². The van der Waals surface area contributed by atoms with Gasteiger partial charge in [-0.25, -0.2) is 8.42 Å². The van der Waals surface area contributed by atoms with Crippen LogP contribution in [0, 0.1) is 0 Å². The van der Waals surface area contributed by atoms with Gasteiger partial charge in [0, 0.05) is 11.4 Å². The van der Waals surface area contributed by atoms with Gasteiger partial charge in [-0.05, 0) is 42.5 Å². The Bertz CT molecular complexity index is 817. The Kier molecular flexibility index (Phi) is 6.66. The van der Waals surface area contributed by atoms with Crippen LogP contribution < -0.4 is 9.47 Å². The number of ether oxygens (including phenoxy) is 2. The predicted molar refractivity (Wildman–Crippen MR) is 93.2 cm³/mol. The molecule has 8 heteroatoms. The van der Waals surface area contributed by atoms with Crippen LogP contribution in [0.3, 0.4) is 0 Å². The van der Waals surface area contributed by atoms with Crippen LogP contribution in [-0.2, 0) is 14.6 Å². The zero-order valence-corrected chi connectivity index (χ0v) is 14.8. The van der Waals surface area contributed by atoms with E-state index in [1.165, 1.54) is 24.3 Å². The SMILES string of the molecule is O=C(O)CS(=O)(=O)c1ccc(OCCCOc2cccc(Cl)c2)cc1. The lowest BCUT2D eigenvalue weighted by Crippen LogP contribution is -2.15. The van der Waals surface area contributed by atoms with E-state index in [-0.39, 0.29) is 4.90 Å². The van der Waals surface area contributed by atoms with Crippen molar-refractivity contribution in [3.05, 3.63) is 53.6 Å². The molecule has 0 heterocycles. The van der Waals surface area contributed by atoms with Crippen molar-refractivity contribution in [2.45, 2.75) is 11.3 Å². The van der Waals surface area contributed by atoms with Crippen molar-refractivity contribution in [3.8, 4) is 11.5 Å². The first-order chi connectivity index (χ1) is 11.9. The van der Waals surface area contributed by atoms with Gasteiger partial charge in [0.25, 0.3) is 0 Å². The Labute approximate surface area is 150 Å². The summed E-state index contributed by atoms with van der Waals surface area (Å²) < 4.78 is 34.6. The lowest BCUT2D eigenvalue weighted by molar-refractivity contribution is -0.134. The number of benzene rings is 2. The second kappa shape index (κ2) is 8.73. The molecule has 0 aromatic heterocycles. The van der Waals surface area contributed by atoms with Crippen molar-refractivity contribution in [2.24, 2.45) is 0 Å². The van der Waals surface area contributed by atoms with E-state index in [0.29, 0.717) is 36.2 Å². The molecule has 6 nitrogen and oxygen atoms in total. The molecule has 0 saturated carbocycles. The number of hydrogen-bond acceptors (Lipinski definition) is 5. The first kappa shape index (κ1) is 19.1. The zero-order chi connectivity index (χ0) is 18.3. The Morgan fingerprint density at radius 1 is 1.00 bits per heavy atom. The second-order valence-electron chi connectivity index (χ2n) is 5.13. The van der Waals surface area contributed by atoms with Gasteiger partial charge >= 0.3 is 5.97 Å². The molecule has 0 aliphatic heterocycles. The third-order valence-electron chi connectivity index (χ3n) is 3.12.